The third-order valence-electron chi connectivity index (χ3n) is 3.86. The van der Waals surface area contributed by atoms with Crippen LogP contribution in [0.1, 0.15) is 12.5 Å². The lowest BCUT2D eigenvalue weighted by atomic mass is 10.1. The van der Waals surface area contributed by atoms with E-state index in [1.54, 1.807) is 0 Å². The Hall–Kier alpha value is -2.57. The summed E-state index contributed by atoms with van der Waals surface area (Å²) in [6.45, 7) is 2.26. The van der Waals surface area contributed by atoms with E-state index in [1.165, 1.54) is 11.3 Å². The number of thiazole rings is 1. The number of fused-ring (bicyclic) bond motifs is 1. The molecule has 0 aliphatic carbocycles. The third-order valence-corrected chi connectivity index (χ3v) is 4.85. The van der Waals surface area contributed by atoms with Gasteiger partial charge in [-0.2, -0.15) is 5.10 Å². The van der Waals surface area contributed by atoms with E-state index in [9.17, 15) is 0 Å². The number of rotatable bonds is 5. The molecule has 1 N–H and O–H groups in total. The molecule has 26 heavy (non-hydrogen) atoms. The second-order valence-corrected chi connectivity index (χ2v) is 7.17. The third kappa shape index (κ3) is 3.81. The van der Waals surface area contributed by atoms with E-state index in [2.05, 4.69) is 15.5 Å². The van der Waals surface area contributed by atoms with Crippen molar-refractivity contribution in [1.82, 2.24) is 4.98 Å². The fraction of sp³-hybridized carbons (Fsp3) is 0.158. The number of hydrogen-bond acceptors (Lipinski definition) is 6. The molecule has 132 valence electrons. The summed E-state index contributed by atoms with van der Waals surface area (Å²) >= 11 is 7.54. The first-order chi connectivity index (χ1) is 12.7. The van der Waals surface area contributed by atoms with Crippen molar-refractivity contribution in [3.05, 3.63) is 58.4 Å². The number of nitrogens with one attached hydrogen (secondary N) is 1. The van der Waals surface area contributed by atoms with Crippen LogP contribution in [0, 0.1) is 0 Å². The molecule has 0 saturated carbocycles. The monoisotopic (exact) mass is 385 g/mol. The van der Waals surface area contributed by atoms with Gasteiger partial charge >= 0.3 is 0 Å². The second-order valence-electron chi connectivity index (χ2n) is 5.87. The van der Waals surface area contributed by atoms with Crippen LogP contribution >= 0.6 is 22.9 Å². The van der Waals surface area contributed by atoms with E-state index in [-0.39, 0.29) is 6.79 Å². The number of hydrazone groups is 1. The van der Waals surface area contributed by atoms with Crippen LogP contribution in [0.3, 0.4) is 0 Å². The highest BCUT2D eigenvalue weighted by Gasteiger charge is 2.13. The molecule has 5 nitrogen and oxygen atoms in total. The van der Waals surface area contributed by atoms with Gasteiger partial charge in [0, 0.05) is 28.1 Å². The highest BCUT2D eigenvalue weighted by molar-refractivity contribution is 7.14. The van der Waals surface area contributed by atoms with Crippen LogP contribution in [-0.2, 0) is 6.42 Å². The lowest BCUT2D eigenvalue weighted by Crippen LogP contribution is -2.01. The van der Waals surface area contributed by atoms with Crippen molar-refractivity contribution in [3.8, 4) is 22.8 Å². The van der Waals surface area contributed by atoms with Gasteiger partial charge in [0.05, 0.1) is 5.69 Å². The number of nitrogens with zero attached hydrogens (tertiary/aromatic N) is 2. The van der Waals surface area contributed by atoms with Crippen LogP contribution in [-0.4, -0.2) is 17.5 Å². The quantitative estimate of drug-likeness (QED) is 0.483. The molecule has 2 aromatic carbocycles. The Morgan fingerprint density at radius 3 is 3.00 bits per heavy atom. The molecule has 7 heteroatoms. The van der Waals surface area contributed by atoms with Crippen LogP contribution < -0.4 is 14.9 Å². The first-order valence-corrected chi connectivity index (χ1v) is 9.32. The van der Waals surface area contributed by atoms with E-state index < -0.39 is 0 Å². The van der Waals surface area contributed by atoms with Gasteiger partial charge in [0.25, 0.3) is 0 Å². The Morgan fingerprint density at radius 2 is 2.12 bits per heavy atom. The maximum Gasteiger partial charge on any atom is 0.231 e. The molecule has 0 bridgehead atoms. The largest absolute Gasteiger partial charge is 0.454 e. The van der Waals surface area contributed by atoms with Crippen molar-refractivity contribution in [3.63, 3.8) is 0 Å². The lowest BCUT2D eigenvalue weighted by Gasteiger charge is -2.03. The Kier molecular flexibility index (Phi) is 4.77. The number of halogens is 1. The van der Waals surface area contributed by atoms with Gasteiger partial charge < -0.3 is 9.47 Å². The molecule has 0 fully saturated rings. The lowest BCUT2D eigenvalue weighted by molar-refractivity contribution is 0.174. The summed E-state index contributed by atoms with van der Waals surface area (Å²) in [5.41, 5.74) is 6.96. The van der Waals surface area contributed by atoms with Crippen LogP contribution in [0.4, 0.5) is 5.13 Å². The Morgan fingerprint density at radius 1 is 1.23 bits per heavy atom. The number of hydrogen-bond donors (Lipinski definition) is 1. The zero-order chi connectivity index (χ0) is 17.9. The summed E-state index contributed by atoms with van der Waals surface area (Å²) in [7, 11) is 0. The summed E-state index contributed by atoms with van der Waals surface area (Å²) in [5, 5.41) is 7.84. The number of benzene rings is 2. The van der Waals surface area contributed by atoms with Crippen LogP contribution in [0.25, 0.3) is 11.3 Å². The van der Waals surface area contributed by atoms with Gasteiger partial charge in [-0.15, -0.1) is 11.3 Å². The van der Waals surface area contributed by atoms with E-state index >= 15 is 0 Å². The molecule has 0 atom stereocenters. The summed E-state index contributed by atoms with van der Waals surface area (Å²) < 4.78 is 10.7. The highest BCUT2D eigenvalue weighted by Crippen LogP contribution is 2.32. The summed E-state index contributed by atoms with van der Waals surface area (Å²) in [5.74, 6) is 1.58. The van der Waals surface area contributed by atoms with Crippen molar-refractivity contribution in [1.29, 1.82) is 0 Å². The van der Waals surface area contributed by atoms with E-state index in [1.807, 2.05) is 54.8 Å². The summed E-state index contributed by atoms with van der Waals surface area (Å²) in [4.78, 5) is 4.55. The minimum Gasteiger partial charge on any atom is -0.454 e. The Balaban J connectivity index is 1.41. The Labute approximate surface area is 160 Å². The predicted octanol–water partition coefficient (Wildman–Crippen LogP) is 5.22. The SMILES string of the molecule is C/C(Cc1ccc2c(c1)OCO2)=N\Nc1nc(-c2cccc(Cl)c2)cs1. The molecule has 1 aliphatic heterocycles. The molecule has 0 radical (unpaired) electrons. The minimum atomic E-state index is 0.284. The van der Waals surface area contributed by atoms with E-state index in [0.29, 0.717) is 5.02 Å². The zero-order valence-corrected chi connectivity index (χ0v) is 15.6. The van der Waals surface area contributed by atoms with Crippen molar-refractivity contribution in [2.45, 2.75) is 13.3 Å². The van der Waals surface area contributed by atoms with Crippen molar-refractivity contribution >= 4 is 33.8 Å². The normalized spacial score (nSPS) is 13.1. The highest BCUT2D eigenvalue weighted by atomic mass is 35.5. The van der Waals surface area contributed by atoms with Gasteiger partial charge in [-0.1, -0.05) is 29.8 Å². The van der Waals surface area contributed by atoms with Gasteiger partial charge in [-0.3, -0.25) is 5.43 Å². The first kappa shape index (κ1) is 16.9. The number of ether oxygens (including phenoxy) is 2. The van der Waals surface area contributed by atoms with Crippen LogP contribution in [0.5, 0.6) is 11.5 Å². The molecule has 0 unspecified atom stereocenters. The zero-order valence-electron chi connectivity index (χ0n) is 14.0. The summed E-state index contributed by atoms with van der Waals surface area (Å²) in [6, 6.07) is 13.6. The maximum absolute atomic E-state index is 6.04. The molecule has 0 amide bonds. The number of aromatic nitrogens is 1. The predicted molar refractivity (Wildman–Crippen MR) is 106 cm³/mol. The number of anilines is 1. The molecular formula is C19H16ClN3O2S. The van der Waals surface area contributed by atoms with Gasteiger partial charge in [0.2, 0.25) is 11.9 Å². The minimum absolute atomic E-state index is 0.284. The fourth-order valence-corrected chi connectivity index (χ4v) is 3.49. The fourth-order valence-electron chi connectivity index (χ4n) is 2.63. The molecule has 3 aromatic rings. The maximum atomic E-state index is 6.04. The second kappa shape index (κ2) is 7.35. The summed E-state index contributed by atoms with van der Waals surface area (Å²) in [6.07, 6.45) is 0.718. The average Bonchev–Trinajstić information content (AvgIpc) is 3.29. The van der Waals surface area contributed by atoms with Crippen LogP contribution in [0.15, 0.2) is 52.9 Å². The average molecular weight is 386 g/mol. The van der Waals surface area contributed by atoms with E-state index in [0.717, 1.165) is 45.6 Å². The molecule has 1 aliphatic rings. The van der Waals surface area contributed by atoms with Crippen LogP contribution in [0.2, 0.25) is 5.02 Å². The molecule has 1 aromatic heterocycles. The van der Waals surface area contributed by atoms with Gasteiger partial charge in [-0.05, 0) is 36.8 Å². The molecule has 2 heterocycles. The smallest absolute Gasteiger partial charge is 0.231 e. The molecule has 0 saturated heterocycles. The first-order valence-electron chi connectivity index (χ1n) is 8.06. The van der Waals surface area contributed by atoms with Crippen molar-refractivity contribution < 1.29 is 9.47 Å². The van der Waals surface area contributed by atoms with Gasteiger partial charge in [-0.25, -0.2) is 4.98 Å². The van der Waals surface area contributed by atoms with Gasteiger partial charge in [0.15, 0.2) is 11.5 Å². The van der Waals surface area contributed by atoms with Crippen molar-refractivity contribution in [2.24, 2.45) is 5.10 Å². The van der Waals surface area contributed by atoms with Gasteiger partial charge in [0.1, 0.15) is 0 Å². The van der Waals surface area contributed by atoms with Crippen molar-refractivity contribution in [2.75, 3.05) is 12.2 Å². The molecule has 0 spiro atoms. The van der Waals surface area contributed by atoms with E-state index in [4.69, 9.17) is 21.1 Å². The standard InChI is InChI=1S/C19H16ClN3O2S/c1-12(7-13-5-6-17-18(8-13)25-11-24-17)22-23-19-21-16(10-26-19)14-3-2-4-15(20)9-14/h2-6,8-10H,7,11H2,1H3,(H,21,23)/b22-12+. The molecule has 4 rings (SSSR count). The molecular weight excluding hydrogens is 370 g/mol. The topological polar surface area (TPSA) is 55.7 Å². The Bertz CT molecular complexity index is 971.